The second-order valence-electron chi connectivity index (χ2n) is 6.66. The molecule has 148 valence electrons. The minimum atomic E-state index is -4.43. The predicted molar refractivity (Wildman–Crippen MR) is 105 cm³/mol. The van der Waals surface area contributed by atoms with Gasteiger partial charge in [0.25, 0.3) is 10.0 Å². The molecule has 29 heavy (non-hydrogen) atoms. The molecular formula is C22H16F3NO2S. The Morgan fingerprint density at radius 1 is 0.828 bits per heavy atom. The van der Waals surface area contributed by atoms with Crippen molar-refractivity contribution in [2.75, 3.05) is 0 Å². The summed E-state index contributed by atoms with van der Waals surface area (Å²) in [5, 5.41) is 0.685. The number of alkyl halides is 3. The fourth-order valence-corrected chi connectivity index (χ4v) is 4.75. The van der Waals surface area contributed by atoms with E-state index >= 15 is 0 Å². The first-order valence-electron chi connectivity index (χ1n) is 8.82. The summed E-state index contributed by atoms with van der Waals surface area (Å²) in [5.41, 5.74) is 0.855. The first-order chi connectivity index (χ1) is 13.8. The summed E-state index contributed by atoms with van der Waals surface area (Å²) in [4.78, 5) is 0.145. The number of aromatic nitrogens is 1. The summed E-state index contributed by atoms with van der Waals surface area (Å²) in [7, 11) is -3.83. The van der Waals surface area contributed by atoms with Crippen molar-refractivity contribution >= 4 is 20.9 Å². The van der Waals surface area contributed by atoms with Gasteiger partial charge in [0.2, 0.25) is 0 Å². The molecule has 0 atom stereocenters. The third-order valence-electron chi connectivity index (χ3n) is 4.71. The molecular weight excluding hydrogens is 399 g/mol. The second kappa shape index (κ2) is 7.08. The van der Waals surface area contributed by atoms with Gasteiger partial charge in [0.15, 0.2) is 0 Å². The summed E-state index contributed by atoms with van der Waals surface area (Å²) in [6.45, 7) is 0. The van der Waals surface area contributed by atoms with Crippen LogP contribution < -0.4 is 0 Å². The van der Waals surface area contributed by atoms with Gasteiger partial charge in [-0.1, -0.05) is 54.6 Å². The Balaban J connectivity index is 1.82. The Kier molecular flexibility index (Phi) is 4.70. The first-order valence-corrected chi connectivity index (χ1v) is 10.3. The first kappa shape index (κ1) is 19.3. The highest BCUT2D eigenvalue weighted by atomic mass is 32.2. The van der Waals surface area contributed by atoms with Gasteiger partial charge in [-0.05, 0) is 41.8 Å². The maximum Gasteiger partial charge on any atom is 0.416 e. The van der Waals surface area contributed by atoms with Crippen molar-refractivity contribution in [3.8, 4) is 0 Å². The molecule has 0 radical (unpaired) electrons. The molecule has 3 aromatic carbocycles. The van der Waals surface area contributed by atoms with Gasteiger partial charge in [0.05, 0.1) is 16.0 Å². The normalized spacial score (nSPS) is 12.4. The lowest BCUT2D eigenvalue weighted by Crippen LogP contribution is -2.11. The maximum atomic E-state index is 13.1. The summed E-state index contributed by atoms with van der Waals surface area (Å²) in [6, 6.07) is 20.1. The topological polar surface area (TPSA) is 39.1 Å². The van der Waals surface area contributed by atoms with Gasteiger partial charge in [-0.2, -0.15) is 13.2 Å². The summed E-state index contributed by atoms with van der Waals surface area (Å²) >= 11 is 0. The van der Waals surface area contributed by atoms with Crippen LogP contribution in [0.2, 0.25) is 0 Å². The van der Waals surface area contributed by atoms with Gasteiger partial charge in [-0.15, -0.1) is 0 Å². The Bertz CT molecular complexity index is 1280. The minimum absolute atomic E-state index is 0.145. The Morgan fingerprint density at radius 3 is 2.24 bits per heavy atom. The zero-order valence-corrected chi connectivity index (χ0v) is 15.9. The van der Waals surface area contributed by atoms with Crippen LogP contribution in [0, 0.1) is 0 Å². The molecule has 0 bridgehead atoms. The lowest BCUT2D eigenvalue weighted by molar-refractivity contribution is -0.137. The number of fused-ring (bicyclic) bond motifs is 1. The largest absolute Gasteiger partial charge is 0.416 e. The zero-order chi connectivity index (χ0) is 20.6. The van der Waals surface area contributed by atoms with Crippen molar-refractivity contribution in [3.05, 3.63) is 102 Å². The van der Waals surface area contributed by atoms with Crippen LogP contribution in [-0.4, -0.2) is 12.4 Å². The van der Waals surface area contributed by atoms with Crippen LogP contribution in [0.25, 0.3) is 10.9 Å². The summed E-state index contributed by atoms with van der Waals surface area (Å²) < 4.78 is 66.5. The van der Waals surface area contributed by atoms with E-state index < -0.39 is 21.8 Å². The number of hydrogen-bond acceptors (Lipinski definition) is 2. The average molecular weight is 415 g/mol. The fraction of sp³-hybridized carbons (Fsp3) is 0.0909. The van der Waals surface area contributed by atoms with E-state index in [1.165, 1.54) is 28.4 Å². The van der Waals surface area contributed by atoms with E-state index in [4.69, 9.17) is 0 Å². The Labute approximate surface area is 166 Å². The Morgan fingerprint density at radius 2 is 1.52 bits per heavy atom. The monoisotopic (exact) mass is 415 g/mol. The second-order valence-corrected chi connectivity index (χ2v) is 8.48. The third kappa shape index (κ3) is 3.65. The minimum Gasteiger partial charge on any atom is -0.241 e. The van der Waals surface area contributed by atoms with Crippen LogP contribution in [0.1, 0.15) is 16.7 Å². The van der Waals surface area contributed by atoms with Crippen LogP contribution in [-0.2, 0) is 22.6 Å². The van der Waals surface area contributed by atoms with E-state index in [0.717, 1.165) is 12.1 Å². The van der Waals surface area contributed by atoms with Crippen LogP contribution >= 0.6 is 0 Å². The van der Waals surface area contributed by atoms with Gasteiger partial charge in [-0.3, -0.25) is 0 Å². The van der Waals surface area contributed by atoms with Gasteiger partial charge in [0.1, 0.15) is 0 Å². The standard InChI is InChI=1S/C22H16F3NO2S/c23-22(24,25)18-8-6-7-16(14-18)13-17-15-26(21-12-5-4-11-20(17)21)29(27,28)19-9-2-1-3-10-19/h1-12,14-15H,13H2. The van der Waals surface area contributed by atoms with Crippen molar-refractivity contribution < 1.29 is 21.6 Å². The molecule has 0 aliphatic rings. The highest BCUT2D eigenvalue weighted by Gasteiger charge is 2.30. The van der Waals surface area contributed by atoms with Gasteiger partial charge in [0, 0.05) is 11.6 Å². The van der Waals surface area contributed by atoms with Gasteiger partial charge in [-0.25, -0.2) is 12.4 Å². The lowest BCUT2D eigenvalue weighted by atomic mass is 10.0. The van der Waals surface area contributed by atoms with Crippen LogP contribution in [0.5, 0.6) is 0 Å². The smallest absolute Gasteiger partial charge is 0.241 e. The molecule has 0 unspecified atom stereocenters. The lowest BCUT2D eigenvalue weighted by Gasteiger charge is -2.08. The van der Waals surface area contributed by atoms with Crippen molar-refractivity contribution in [1.29, 1.82) is 0 Å². The van der Waals surface area contributed by atoms with Crippen LogP contribution in [0.3, 0.4) is 0 Å². The van der Waals surface area contributed by atoms with E-state index in [0.29, 0.717) is 22.0 Å². The van der Waals surface area contributed by atoms with Crippen molar-refractivity contribution in [1.82, 2.24) is 3.97 Å². The molecule has 0 aliphatic heterocycles. The van der Waals surface area contributed by atoms with Crippen LogP contribution in [0.15, 0.2) is 90.0 Å². The summed E-state index contributed by atoms with van der Waals surface area (Å²) in [5.74, 6) is 0. The number of halogens is 3. The van der Waals surface area contributed by atoms with E-state index in [1.807, 2.05) is 0 Å². The van der Waals surface area contributed by atoms with E-state index in [9.17, 15) is 21.6 Å². The number of para-hydroxylation sites is 1. The van der Waals surface area contributed by atoms with Crippen molar-refractivity contribution in [2.24, 2.45) is 0 Å². The SMILES string of the molecule is O=S(=O)(c1ccccc1)n1cc(Cc2cccc(C(F)(F)F)c2)c2ccccc21. The quantitative estimate of drug-likeness (QED) is 0.442. The molecule has 0 spiro atoms. The number of hydrogen-bond donors (Lipinski definition) is 0. The van der Waals surface area contributed by atoms with E-state index in [1.54, 1.807) is 48.5 Å². The van der Waals surface area contributed by atoms with Gasteiger partial charge < -0.3 is 0 Å². The molecule has 7 heteroatoms. The molecule has 4 rings (SSSR count). The number of rotatable bonds is 4. The highest BCUT2D eigenvalue weighted by molar-refractivity contribution is 7.90. The molecule has 0 fully saturated rings. The summed E-state index contributed by atoms with van der Waals surface area (Å²) in [6.07, 6.45) is -2.75. The molecule has 0 saturated carbocycles. The third-order valence-corrected chi connectivity index (χ3v) is 6.40. The predicted octanol–water partition coefficient (Wildman–Crippen LogP) is 5.49. The molecule has 1 aromatic heterocycles. The molecule has 0 aliphatic carbocycles. The molecule has 0 saturated heterocycles. The molecule has 3 nitrogen and oxygen atoms in total. The molecule has 1 heterocycles. The molecule has 0 amide bonds. The molecule has 0 N–H and O–H groups in total. The van der Waals surface area contributed by atoms with Crippen LogP contribution in [0.4, 0.5) is 13.2 Å². The fourth-order valence-electron chi connectivity index (χ4n) is 3.34. The maximum absolute atomic E-state index is 13.1. The highest BCUT2D eigenvalue weighted by Crippen LogP contribution is 2.31. The Hall–Kier alpha value is -3.06. The van der Waals surface area contributed by atoms with Crippen molar-refractivity contribution in [3.63, 3.8) is 0 Å². The zero-order valence-electron chi connectivity index (χ0n) is 15.1. The number of benzene rings is 3. The number of nitrogens with zero attached hydrogens (tertiary/aromatic N) is 1. The van der Waals surface area contributed by atoms with E-state index in [2.05, 4.69) is 0 Å². The van der Waals surface area contributed by atoms with E-state index in [-0.39, 0.29) is 11.3 Å². The molecule has 4 aromatic rings. The average Bonchev–Trinajstić information content (AvgIpc) is 3.08. The van der Waals surface area contributed by atoms with Crippen molar-refractivity contribution in [2.45, 2.75) is 17.5 Å². The van der Waals surface area contributed by atoms with Gasteiger partial charge >= 0.3 is 6.18 Å².